The number of anilines is 1. The molecule has 112 valence electrons. The number of unbranched alkanes of at least 4 members (excludes halogenated alkanes) is 1. The van der Waals surface area contributed by atoms with E-state index >= 15 is 0 Å². The lowest BCUT2D eigenvalue weighted by molar-refractivity contribution is 0.422. The third-order valence-electron chi connectivity index (χ3n) is 4.80. The average Bonchev–Trinajstić information content (AvgIpc) is 2.47. The van der Waals surface area contributed by atoms with Gasteiger partial charge in [0, 0.05) is 11.7 Å². The van der Waals surface area contributed by atoms with Crippen LogP contribution in [0.3, 0.4) is 0 Å². The van der Waals surface area contributed by atoms with Gasteiger partial charge in [-0.3, -0.25) is 0 Å². The van der Waals surface area contributed by atoms with Crippen molar-refractivity contribution in [3.63, 3.8) is 0 Å². The molecule has 20 heavy (non-hydrogen) atoms. The summed E-state index contributed by atoms with van der Waals surface area (Å²) in [5.41, 5.74) is 4.43. The van der Waals surface area contributed by atoms with Gasteiger partial charge in [0.2, 0.25) is 0 Å². The zero-order chi connectivity index (χ0) is 14.4. The molecule has 1 nitrogen and oxygen atoms in total. The molecule has 0 aliphatic carbocycles. The van der Waals surface area contributed by atoms with Gasteiger partial charge in [0.25, 0.3) is 0 Å². The van der Waals surface area contributed by atoms with Crippen LogP contribution in [0.4, 0.5) is 5.69 Å². The van der Waals surface area contributed by atoms with Crippen LogP contribution in [0.25, 0.3) is 0 Å². The first-order valence-electron chi connectivity index (χ1n) is 8.61. The van der Waals surface area contributed by atoms with Gasteiger partial charge in [0.05, 0.1) is 0 Å². The Labute approximate surface area is 125 Å². The number of nitrogens with one attached hydrogen (secondary N) is 1. The van der Waals surface area contributed by atoms with Crippen LogP contribution in [0, 0.1) is 5.92 Å². The molecule has 0 spiro atoms. The molecule has 0 bridgehead atoms. The van der Waals surface area contributed by atoms with Crippen LogP contribution in [0.15, 0.2) is 18.2 Å². The Morgan fingerprint density at radius 2 is 2.10 bits per heavy atom. The summed E-state index contributed by atoms with van der Waals surface area (Å²) >= 11 is 0. The summed E-state index contributed by atoms with van der Waals surface area (Å²) < 4.78 is 0. The molecule has 2 atom stereocenters. The van der Waals surface area contributed by atoms with Gasteiger partial charge >= 0.3 is 0 Å². The van der Waals surface area contributed by atoms with Crippen LogP contribution >= 0.6 is 0 Å². The summed E-state index contributed by atoms with van der Waals surface area (Å²) in [5, 5.41) is 3.59. The molecular weight excluding hydrogens is 242 g/mol. The van der Waals surface area contributed by atoms with Gasteiger partial charge in [0.15, 0.2) is 0 Å². The highest BCUT2D eigenvalue weighted by Gasteiger charge is 2.14. The fraction of sp³-hybridized carbons (Fsp3) is 0.684. The molecule has 1 N–H and O–H groups in total. The van der Waals surface area contributed by atoms with Gasteiger partial charge < -0.3 is 5.32 Å². The molecule has 1 aromatic rings. The maximum Gasteiger partial charge on any atom is 0.0374 e. The van der Waals surface area contributed by atoms with Crippen molar-refractivity contribution in [2.24, 2.45) is 5.92 Å². The molecule has 0 saturated carbocycles. The molecule has 0 aromatic heterocycles. The Bertz CT molecular complexity index is 410. The van der Waals surface area contributed by atoms with Crippen molar-refractivity contribution >= 4 is 5.69 Å². The monoisotopic (exact) mass is 273 g/mol. The minimum Gasteiger partial charge on any atom is -0.382 e. The van der Waals surface area contributed by atoms with Gasteiger partial charge in [-0.1, -0.05) is 51.7 Å². The number of benzene rings is 1. The predicted molar refractivity (Wildman–Crippen MR) is 89.5 cm³/mol. The Balaban J connectivity index is 1.90. The zero-order valence-electron chi connectivity index (χ0n) is 13.5. The second-order valence-electron chi connectivity index (χ2n) is 6.53. The highest BCUT2D eigenvalue weighted by molar-refractivity contribution is 5.55. The smallest absolute Gasteiger partial charge is 0.0374 e. The van der Waals surface area contributed by atoms with E-state index in [-0.39, 0.29) is 0 Å². The first kappa shape index (κ1) is 15.4. The Hall–Kier alpha value is -0.980. The van der Waals surface area contributed by atoms with Crippen molar-refractivity contribution < 1.29 is 0 Å². The number of rotatable bonds is 7. The van der Waals surface area contributed by atoms with E-state index in [1.54, 1.807) is 0 Å². The van der Waals surface area contributed by atoms with Crippen LogP contribution in [-0.4, -0.2) is 6.04 Å². The predicted octanol–water partition coefficient (Wildman–Crippen LogP) is 5.58. The summed E-state index contributed by atoms with van der Waals surface area (Å²) in [6.07, 6.45) is 10.6. The minimum absolute atomic E-state index is 0.631. The van der Waals surface area contributed by atoms with E-state index in [1.165, 1.54) is 68.2 Å². The molecule has 0 radical (unpaired) electrons. The van der Waals surface area contributed by atoms with Crippen molar-refractivity contribution in [2.45, 2.75) is 78.2 Å². The lowest BCUT2D eigenvalue weighted by Crippen LogP contribution is -2.21. The molecule has 0 fully saturated rings. The first-order valence-corrected chi connectivity index (χ1v) is 8.61. The fourth-order valence-corrected chi connectivity index (χ4v) is 3.28. The third kappa shape index (κ3) is 4.26. The molecule has 1 heterocycles. The van der Waals surface area contributed by atoms with E-state index < -0.39 is 0 Å². The second-order valence-corrected chi connectivity index (χ2v) is 6.53. The van der Waals surface area contributed by atoms with Crippen LogP contribution in [0.2, 0.25) is 0 Å². The van der Waals surface area contributed by atoms with E-state index in [2.05, 4.69) is 44.3 Å². The van der Waals surface area contributed by atoms with Gasteiger partial charge in [0.1, 0.15) is 0 Å². The normalized spacial score (nSPS) is 19.2. The van der Waals surface area contributed by atoms with Crippen molar-refractivity contribution in [1.29, 1.82) is 0 Å². The molecule has 1 aliphatic heterocycles. The van der Waals surface area contributed by atoms with E-state index in [4.69, 9.17) is 0 Å². The Morgan fingerprint density at radius 3 is 2.85 bits per heavy atom. The summed E-state index contributed by atoms with van der Waals surface area (Å²) in [6.45, 7) is 6.92. The highest BCUT2D eigenvalue weighted by atomic mass is 14.9. The third-order valence-corrected chi connectivity index (χ3v) is 4.80. The quantitative estimate of drug-likeness (QED) is 0.683. The standard InChI is InChI=1S/C19H31N/c1-4-6-7-16(5-2)9-10-17-11-13-19-18(14-17)12-8-15(3)20-19/h11,13-16,20H,4-10,12H2,1-3H3. The van der Waals surface area contributed by atoms with Gasteiger partial charge in [-0.15, -0.1) is 0 Å². The Kier molecular flexibility index (Phi) is 5.94. The van der Waals surface area contributed by atoms with E-state index in [1.807, 2.05) is 0 Å². The maximum atomic E-state index is 3.59. The second kappa shape index (κ2) is 7.71. The number of fused-ring (bicyclic) bond motifs is 1. The van der Waals surface area contributed by atoms with Crippen LogP contribution in [-0.2, 0) is 12.8 Å². The number of aryl methyl sites for hydroxylation is 2. The van der Waals surface area contributed by atoms with E-state index in [0.29, 0.717) is 6.04 Å². The summed E-state index contributed by atoms with van der Waals surface area (Å²) in [7, 11) is 0. The first-order chi connectivity index (χ1) is 9.72. The maximum absolute atomic E-state index is 3.59. The number of hydrogen-bond acceptors (Lipinski definition) is 1. The van der Waals surface area contributed by atoms with Crippen LogP contribution < -0.4 is 5.32 Å². The molecule has 0 saturated heterocycles. The molecule has 2 unspecified atom stereocenters. The fourth-order valence-electron chi connectivity index (χ4n) is 3.28. The van der Waals surface area contributed by atoms with Gasteiger partial charge in [-0.25, -0.2) is 0 Å². The largest absolute Gasteiger partial charge is 0.382 e. The molecular formula is C19H31N. The topological polar surface area (TPSA) is 12.0 Å². The molecule has 1 aromatic carbocycles. The lowest BCUT2D eigenvalue weighted by Gasteiger charge is -2.24. The van der Waals surface area contributed by atoms with Crippen molar-refractivity contribution in [2.75, 3.05) is 5.32 Å². The van der Waals surface area contributed by atoms with E-state index in [9.17, 15) is 0 Å². The minimum atomic E-state index is 0.631. The van der Waals surface area contributed by atoms with Crippen molar-refractivity contribution in [3.8, 4) is 0 Å². The lowest BCUT2D eigenvalue weighted by atomic mass is 9.90. The zero-order valence-corrected chi connectivity index (χ0v) is 13.5. The number of hydrogen-bond donors (Lipinski definition) is 1. The Morgan fingerprint density at radius 1 is 1.25 bits per heavy atom. The summed E-state index contributed by atoms with van der Waals surface area (Å²) in [6, 6.07) is 7.71. The average molecular weight is 273 g/mol. The van der Waals surface area contributed by atoms with Crippen LogP contribution in [0.5, 0.6) is 0 Å². The van der Waals surface area contributed by atoms with Crippen molar-refractivity contribution in [3.05, 3.63) is 29.3 Å². The molecule has 0 amide bonds. The molecule has 2 rings (SSSR count). The SMILES string of the molecule is CCCCC(CC)CCc1ccc2c(c1)CCC(C)N2. The van der Waals surface area contributed by atoms with Crippen molar-refractivity contribution in [1.82, 2.24) is 0 Å². The summed E-state index contributed by atoms with van der Waals surface area (Å²) in [4.78, 5) is 0. The van der Waals surface area contributed by atoms with Gasteiger partial charge in [-0.05, 0) is 55.7 Å². The molecule has 1 aliphatic rings. The summed E-state index contributed by atoms with van der Waals surface area (Å²) in [5.74, 6) is 0.920. The van der Waals surface area contributed by atoms with Gasteiger partial charge in [-0.2, -0.15) is 0 Å². The highest BCUT2D eigenvalue weighted by Crippen LogP contribution is 2.27. The van der Waals surface area contributed by atoms with Crippen LogP contribution in [0.1, 0.15) is 70.4 Å². The molecule has 1 heteroatoms. The van der Waals surface area contributed by atoms with E-state index in [0.717, 1.165) is 5.92 Å².